The van der Waals surface area contributed by atoms with Crippen LogP contribution in [-0.4, -0.2) is 68.2 Å². The molecule has 0 aliphatic carbocycles. The van der Waals surface area contributed by atoms with E-state index in [4.69, 9.17) is 59.1 Å². The van der Waals surface area contributed by atoms with Crippen molar-refractivity contribution in [2.24, 2.45) is 0 Å². The second-order valence-electron chi connectivity index (χ2n) is 32.6. The fourth-order valence-corrected chi connectivity index (χ4v) is 16.2. The monoisotopic (exact) mass is 1740 g/mol. The van der Waals surface area contributed by atoms with Crippen molar-refractivity contribution in [3.05, 3.63) is 453 Å². The molecule has 130 heavy (non-hydrogen) atoms. The highest BCUT2D eigenvalue weighted by Crippen LogP contribution is 2.43. The van der Waals surface area contributed by atoms with Crippen LogP contribution in [0.1, 0.15) is 27.7 Å². The molecule has 0 saturated carbocycles. The first-order valence-corrected chi connectivity index (χ1v) is 44.2. The number of hydrogen-bond acceptors (Lipinski definition) is 12. The Bertz CT molecular complexity index is 7210. The standard InChI is InChI=1S/C55H37N5.C33H30BN3O2.C28H19BrN2/c1-6-19-38(20-7-1)49-50(39-21-8-2-9-22-39)57-52(51(56-49)40-23-10-3-11-24-40)47-33-17-31-45(36-47)43-29-16-30-44(35-43)46-32-18-34-48(37-46)55-59-53(41-25-12-4-13-26-41)58-54(60-55)42-27-14-5-15-28-42;1-32(2)33(3,4)39-34(38-32)28-20-12-18-26(22-28)25-17-11-19-27(21-25)31-36-29(23-13-7-5-8-14-23)35-30(37-31)24-15-9-6-10-16-24;29-24-18-10-17-23(19-24)28-27(22-15-8-3-9-16-22)30-25(20-11-4-1-5-12-20)26(31-28)21-13-6-2-7-14-21/h1-37H;5-22H,1-4H3;1-19H. The summed E-state index contributed by atoms with van der Waals surface area (Å²) in [5.74, 6) is 3.82. The predicted molar refractivity (Wildman–Crippen MR) is 533 cm³/mol. The van der Waals surface area contributed by atoms with Gasteiger partial charge in [0.1, 0.15) is 0 Å². The van der Waals surface area contributed by atoms with Crippen LogP contribution in [0.3, 0.4) is 0 Å². The summed E-state index contributed by atoms with van der Waals surface area (Å²) in [5, 5.41) is 0. The van der Waals surface area contributed by atoms with Crippen molar-refractivity contribution >= 4 is 28.5 Å². The summed E-state index contributed by atoms with van der Waals surface area (Å²) in [6.07, 6.45) is 0. The Morgan fingerprint density at radius 1 is 0.169 bits per heavy atom. The third kappa shape index (κ3) is 18.9. The van der Waals surface area contributed by atoms with Gasteiger partial charge in [-0.1, -0.05) is 428 Å². The van der Waals surface area contributed by atoms with Gasteiger partial charge in [-0.15, -0.1) is 0 Å². The smallest absolute Gasteiger partial charge is 0.399 e. The van der Waals surface area contributed by atoms with Crippen molar-refractivity contribution in [2.75, 3.05) is 0 Å². The molecular weight excluding hydrogens is 1660 g/mol. The van der Waals surface area contributed by atoms with Gasteiger partial charge in [0.15, 0.2) is 34.9 Å². The van der Waals surface area contributed by atoms with E-state index < -0.39 is 7.12 Å². The summed E-state index contributed by atoms with van der Waals surface area (Å²) in [7, 11) is -0.413. The summed E-state index contributed by atoms with van der Waals surface area (Å²) in [6.45, 7) is 8.29. The van der Waals surface area contributed by atoms with Gasteiger partial charge in [-0.3, -0.25) is 0 Å². The SMILES string of the molecule is Brc1cccc(-c2nc(-c3ccccc3)c(-c3ccccc3)nc2-c2ccccc2)c1.CC1(C)OB(c2cccc(-c3cccc(-c4nc(-c5ccccc5)nc(-c5ccccc5)n4)c3)c2)OC1(C)C.c1ccc(-c2nc(-c3ccccc3)nc(-c3cccc(-c4cccc(-c5cccc(-c6nc(-c7ccccc7)c(-c7ccccc7)nc6-c6ccccc6)c5)c4)c3)n2)cc1. The van der Waals surface area contributed by atoms with Crippen LogP contribution in [0.5, 0.6) is 0 Å². The fourth-order valence-electron chi connectivity index (χ4n) is 15.8. The lowest BCUT2D eigenvalue weighted by Crippen LogP contribution is -2.41. The van der Waals surface area contributed by atoms with Crippen LogP contribution < -0.4 is 5.46 Å². The van der Waals surface area contributed by atoms with E-state index in [9.17, 15) is 0 Å². The number of hydrogen-bond donors (Lipinski definition) is 0. The average molecular weight is 1740 g/mol. The van der Waals surface area contributed by atoms with Gasteiger partial charge < -0.3 is 9.31 Å². The second-order valence-corrected chi connectivity index (χ2v) is 33.5. The zero-order chi connectivity index (χ0) is 88.2. The van der Waals surface area contributed by atoms with Gasteiger partial charge >= 0.3 is 7.12 Å². The third-order valence-corrected chi connectivity index (χ3v) is 23.7. The van der Waals surface area contributed by atoms with Gasteiger partial charge in [0.2, 0.25) is 0 Å². The van der Waals surface area contributed by atoms with E-state index in [0.717, 1.165) is 167 Å². The van der Waals surface area contributed by atoms with Crippen LogP contribution in [0.25, 0.3) is 192 Å². The minimum absolute atomic E-state index is 0.390. The second kappa shape index (κ2) is 38.2. The Hall–Kier alpha value is -15.8. The van der Waals surface area contributed by atoms with Crippen molar-refractivity contribution in [2.45, 2.75) is 38.9 Å². The molecule has 0 amide bonds. The molecule has 0 spiro atoms. The zero-order valence-electron chi connectivity index (χ0n) is 72.0. The van der Waals surface area contributed by atoms with Crippen molar-refractivity contribution in [1.82, 2.24) is 49.8 Å². The summed E-state index contributed by atoms with van der Waals surface area (Å²) in [4.78, 5) is 50.8. The minimum atomic E-state index is -0.413. The predicted octanol–water partition coefficient (Wildman–Crippen LogP) is 28.4. The summed E-state index contributed by atoms with van der Waals surface area (Å²) < 4.78 is 13.6. The maximum atomic E-state index is 6.30. The molecule has 0 atom stereocenters. The summed E-state index contributed by atoms with van der Waals surface area (Å²) in [6, 6.07) is 153. The quantitative estimate of drug-likeness (QED) is 0.0753. The first kappa shape index (κ1) is 83.7. The Labute approximate surface area is 766 Å². The summed E-state index contributed by atoms with van der Waals surface area (Å²) in [5.41, 5.74) is 27.3. The molecule has 0 N–H and O–H groups in total. The molecule has 21 rings (SSSR count). The molecule has 1 aliphatic rings. The first-order valence-electron chi connectivity index (χ1n) is 43.4. The van der Waals surface area contributed by atoms with Gasteiger partial charge in [0.05, 0.1) is 56.8 Å². The van der Waals surface area contributed by atoms with Crippen LogP contribution >= 0.6 is 15.9 Å². The molecule has 0 bridgehead atoms. The highest BCUT2D eigenvalue weighted by molar-refractivity contribution is 9.10. The number of nitrogens with zero attached hydrogens (tertiary/aromatic N) is 10. The minimum Gasteiger partial charge on any atom is -0.399 e. The molecule has 14 heteroatoms. The topological polar surface area (TPSA) is 147 Å². The molecule has 0 unspecified atom stereocenters. The molecule has 12 nitrogen and oxygen atoms in total. The van der Waals surface area contributed by atoms with E-state index in [-0.39, 0.29) is 11.2 Å². The number of benzene rings is 16. The molecule has 1 fully saturated rings. The van der Waals surface area contributed by atoms with Crippen LogP contribution in [0.15, 0.2) is 453 Å². The molecule has 1 aliphatic heterocycles. The lowest BCUT2D eigenvalue weighted by Gasteiger charge is -2.32. The van der Waals surface area contributed by atoms with Crippen molar-refractivity contribution < 1.29 is 9.31 Å². The molecular formula is C116H86BBrN10O2. The highest BCUT2D eigenvalue weighted by atomic mass is 79.9. The van der Waals surface area contributed by atoms with E-state index in [1.165, 1.54) is 0 Å². The van der Waals surface area contributed by atoms with E-state index in [2.05, 4.69) is 244 Å². The van der Waals surface area contributed by atoms with Crippen molar-refractivity contribution in [3.8, 4) is 192 Å². The summed E-state index contributed by atoms with van der Waals surface area (Å²) >= 11 is 3.61. The van der Waals surface area contributed by atoms with E-state index in [1.807, 2.05) is 249 Å². The first-order chi connectivity index (χ1) is 63.8. The van der Waals surface area contributed by atoms with Crippen molar-refractivity contribution in [3.63, 3.8) is 0 Å². The maximum Gasteiger partial charge on any atom is 0.494 e. The largest absolute Gasteiger partial charge is 0.494 e. The molecule has 622 valence electrons. The number of aromatic nitrogens is 10. The highest BCUT2D eigenvalue weighted by Gasteiger charge is 2.52. The van der Waals surface area contributed by atoms with Gasteiger partial charge in [0.25, 0.3) is 0 Å². The molecule has 1 saturated heterocycles. The molecule has 4 aromatic heterocycles. The van der Waals surface area contributed by atoms with Crippen LogP contribution in [0.4, 0.5) is 0 Å². The maximum absolute atomic E-state index is 6.30. The van der Waals surface area contributed by atoms with Gasteiger partial charge in [0, 0.05) is 82.4 Å². The van der Waals surface area contributed by atoms with Gasteiger partial charge in [-0.2, -0.15) is 0 Å². The Morgan fingerprint density at radius 2 is 0.346 bits per heavy atom. The fraction of sp³-hybridized carbons (Fsp3) is 0.0517. The lowest BCUT2D eigenvalue weighted by molar-refractivity contribution is 0.00578. The van der Waals surface area contributed by atoms with Gasteiger partial charge in [-0.25, -0.2) is 49.8 Å². The van der Waals surface area contributed by atoms with Crippen LogP contribution in [0.2, 0.25) is 0 Å². The average Bonchev–Trinajstić information content (AvgIpc) is 0.913. The van der Waals surface area contributed by atoms with Crippen LogP contribution in [-0.2, 0) is 9.31 Å². The Morgan fingerprint density at radius 3 is 0.608 bits per heavy atom. The molecule has 20 aromatic rings. The Kier molecular flexibility index (Phi) is 24.6. The Balaban J connectivity index is 0.000000135. The number of rotatable bonds is 18. The molecule has 5 heterocycles. The van der Waals surface area contributed by atoms with E-state index in [1.54, 1.807) is 0 Å². The number of halogens is 1. The van der Waals surface area contributed by atoms with Gasteiger partial charge in [-0.05, 0) is 103 Å². The third-order valence-electron chi connectivity index (χ3n) is 23.2. The van der Waals surface area contributed by atoms with Crippen LogP contribution in [0, 0.1) is 0 Å². The zero-order valence-corrected chi connectivity index (χ0v) is 73.6. The van der Waals surface area contributed by atoms with Crippen molar-refractivity contribution in [1.29, 1.82) is 0 Å². The lowest BCUT2D eigenvalue weighted by atomic mass is 9.78. The molecule has 0 radical (unpaired) electrons. The van der Waals surface area contributed by atoms with E-state index in [0.29, 0.717) is 34.9 Å². The van der Waals surface area contributed by atoms with E-state index >= 15 is 0 Å². The normalized spacial score (nSPS) is 12.4. The molecule has 16 aromatic carbocycles.